The van der Waals surface area contributed by atoms with E-state index in [4.69, 9.17) is 28.4 Å². The van der Waals surface area contributed by atoms with Gasteiger partial charge in [0.15, 0.2) is 0 Å². The van der Waals surface area contributed by atoms with Crippen LogP contribution < -0.4 is 0 Å². The zero-order valence-electron chi connectivity index (χ0n) is 37.9. The van der Waals surface area contributed by atoms with Gasteiger partial charge in [-0.2, -0.15) is 0 Å². The van der Waals surface area contributed by atoms with E-state index in [-0.39, 0.29) is 54.9 Å². The van der Waals surface area contributed by atoms with Crippen LogP contribution in [-0.4, -0.2) is 84.3 Å². The molecular formula is C47H76O12. The van der Waals surface area contributed by atoms with Gasteiger partial charge in [0.05, 0.1) is 35.1 Å². The maximum absolute atomic E-state index is 12.4. The molecule has 336 valence electrons. The predicted molar refractivity (Wildman–Crippen MR) is 219 cm³/mol. The van der Waals surface area contributed by atoms with Gasteiger partial charge in [0.1, 0.15) is 24.4 Å². The molecular weight excluding hydrogens is 757 g/mol. The molecule has 0 aromatic carbocycles. The third-order valence-electron chi connectivity index (χ3n) is 15.5. The summed E-state index contributed by atoms with van der Waals surface area (Å²) in [6.45, 7) is 19.9. The largest absolute Gasteiger partial charge is 0.463 e. The van der Waals surface area contributed by atoms with Crippen LogP contribution in [0.15, 0.2) is 0 Å². The number of carbonyl (C=O) groups excluding carboxylic acids is 5. The summed E-state index contributed by atoms with van der Waals surface area (Å²) in [5.41, 5.74) is -2.64. The lowest BCUT2D eigenvalue weighted by molar-refractivity contribution is -0.225. The quantitative estimate of drug-likeness (QED) is 0.102. The fraction of sp³-hybridized carbons (Fsp3) is 0.894. The Morgan fingerprint density at radius 2 is 1.20 bits per heavy atom. The van der Waals surface area contributed by atoms with Crippen molar-refractivity contribution in [2.24, 2.45) is 51.8 Å². The monoisotopic (exact) mass is 833 g/mol. The number of carbonyl (C=O) groups is 5. The minimum Gasteiger partial charge on any atom is -0.463 e. The first-order chi connectivity index (χ1) is 27.5. The van der Waals surface area contributed by atoms with Gasteiger partial charge in [-0.1, -0.05) is 20.8 Å². The molecule has 9 fully saturated rings. The highest BCUT2D eigenvalue weighted by molar-refractivity contribution is 5.82. The lowest BCUT2D eigenvalue weighted by atomic mass is 9.50. The molecule has 8 saturated carbocycles. The highest BCUT2D eigenvalue weighted by Gasteiger charge is 2.60. The number of cyclic esters (lactones) is 1. The maximum atomic E-state index is 12.4. The Morgan fingerprint density at radius 1 is 0.695 bits per heavy atom. The smallest absolute Gasteiger partial charge is 0.347 e. The maximum Gasteiger partial charge on any atom is 0.347 e. The number of rotatable bonds is 14. The van der Waals surface area contributed by atoms with E-state index in [2.05, 4.69) is 6.92 Å². The summed E-state index contributed by atoms with van der Waals surface area (Å²) in [5.74, 6) is 2.49. The molecule has 0 aromatic rings. The topological polar surface area (TPSA) is 161 Å². The zero-order chi connectivity index (χ0) is 43.6. The van der Waals surface area contributed by atoms with Crippen LogP contribution in [0.1, 0.15) is 166 Å². The van der Waals surface area contributed by atoms with Crippen molar-refractivity contribution in [2.45, 2.75) is 188 Å². The third-order valence-corrected chi connectivity index (χ3v) is 15.5. The van der Waals surface area contributed by atoms with Gasteiger partial charge < -0.3 is 33.5 Å². The molecule has 12 nitrogen and oxygen atoms in total. The average Bonchev–Trinajstić information content (AvgIpc) is 3.56. The Bertz CT molecular complexity index is 1490. The van der Waals surface area contributed by atoms with Crippen LogP contribution in [0.3, 0.4) is 0 Å². The van der Waals surface area contributed by atoms with Crippen molar-refractivity contribution in [3.05, 3.63) is 0 Å². The first-order valence-corrected chi connectivity index (χ1v) is 22.8. The Morgan fingerprint density at radius 3 is 1.69 bits per heavy atom. The van der Waals surface area contributed by atoms with Crippen LogP contribution in [0.25, 0.3) is 0 Å². The summed E-state index contributed by atoms with van der Waals surface area (Å²) >= 11 is 0. The van der Waals surface area contributed by atoms with E-state index in [9.17, 15) is 29.1 Å². The molecule has 8 aliphatic carbocycles. The minimum atomic E-state index is -0.687. The van der Waals surface area contributed by atoms with Gasteiger partial charge in [0.25, 0.3) is 0 Å². The van der Waals surface area contributed by atoms with Crippen LogP contribution >= 0.6 is 0 Å². The summed E-state index contributed by atoms with van der Waals surface area (Å²) in [7, 11) is 0. The van der Waals surface area contributed by atoms with Crippen molar-refractivity contribution in [1.29, 1.82) is 0 Å². The molecule has 1 saturated heterocycles. The molecule has 0 spiro atoms. The highest BCUT2D eigenvalue weighted by atomic mass is 16.6. The molecule has 12 heteroatoms. The number of hydrogen-bond donors (Lipinski definition) is 1. The van der Waals surface area contributed by atoms with E-state index in [1.165, 1.54) is 38.5 Å². The van der Waals surface area contributed by atoms with E-state index in [0.29, 0.717) is 49.5 Å². The van der Waals surface area contributed by atoms with Crippen molar-refractivity contribution in [3.8, 4) is 0 Å². The predicted octanol–water partition coefficient (Wildman–Crippen LogP) is 8.07. The van der Waals surface area contributed by atoms with E-state index in [0.717, 1.165) is 50.4 Å². The van der Waals surface area contributed by atoms with E-state index in [1.807, 2.05) is 48.5 Å². The summed E-state index contributed by atoms with van der Waals surface area (Å²) in [6.07, 6.45) is 13.9. The van der Waals surface area contributed by atoms with Gasteiger partial charge >= 0.3 is 29.8 Å². The molecule has 9 rings (SSSR count). The van der Waals surface area contributed by atoms with Crippen LogP contribution in [0.5, 0.6) is 0 Å². The molecule has 0 aromatic heterocycles. The Labute approximate surface area is 353 Å². The molecule has 8 bridgehead atoms. The zero-order valence-corrected chi connectivity index (χ0v) is 37.9. The van der Waals surface area contributed by atoms with Gasteiger partial charge in [-0.15, -0.1) is 0 Å². The van der Waals surface area contributed by atoms with Crippen molar-refractivity contribution in [1.82, 2.24) is 0 Å². The van der Waals surface area contributed by atoms with Crippen molar-refractivity contribution < 1.29 is 57.5 Å². The van der Waals surface area contributed by atoms with Crippen LogP contribution in [0, 0.1) is 51.8 Å². The van der Waals surface area contributed by atoms with Gasteiger partial charge in [0, 0.05) is 12.8 Å². The molecule has 1 heterocycles. The molecule has 0 radical (unpaired) electrons. The second-order valence-corrected chi connectivity index (χ2v) is 21.5. The van der Waals surface area contributed by atoms with Crippen molar-refractivity contribution in [3.63, 3.8) is 0 Å². The minimum absolute atomic E-state index is 0.0728. The second kappa shape index (κ2) is 18.3. The van der Waals surface area contributed by atoms with Crippen LogP contribution in [0.4, 0.5) is 0 Å². The molecule has 1 N–H and O–H groups in total. The number of aliphatic hydroxyl groups is 1. The third kappa shape index (κ3) is 11.2. The van der Waals surface area contributed by atoms with E-state index < -0.39 is 33.9 Å². The fourth-order valence-electron chi connectivity index (χ4n) is 11.0. The summed E-state index contributed by atoms with van der Waals surface area (Å²) in [4.78, 5) is 59.1. The van der Waals surface area contributed by atoms with Gasteiger partial charge in [-0.3, -0.25) is 14.4 Å². The summed E-state index contributed by atoms with van der Waals surface area (Å²) in [6, 6.07) is 0. The molecule has 3 unspecified atom stereocenters. The lowest BCUT2D eigenvalue weighted by Gasteiger charge is -2.59. The summed E-state index contributed by atoms with van der Waals surface area (Å²) in [5, 5.41) is 10.6. The van der Waals surface area contributed by atoms with Crippen LogP contribution in [0.2, 0.25) is 0 Å². The molecule has 3 atom stereocenters. The van der Waals surface area contributed by atoms with E-state index in [1.54, 1.807) is 13.8 Å². The number of ether oxygens (including phenoxy) is 6. The first kappa shape index (κ1) is 47.3. The van der Waals surface area contributed by atoms with Crippen LogP contribution in [-0.2, 0) is 52.4 Å². The molecule has 0 amide bonds. The van der Waals surface area contributed by atoms with Gasteiger partial charge in [-0.25, -0.2) is 9.59 Å². The highest BCUT2D eigenvalue weighted by Crippen LogP contribution is 2.60. The standard InChI is InChI=1S/C21H34O5.C16H26O3.C10H16O4/c1-5-20(2,3)19(23)25-7-6-24-13-18(22)26-21(4)16-9-14-8-15(11-16)12-17(21)10-14;1-4-14(2,3)13(17)19-16-8-11-5-12(9-16)7-15(18,6-11)10-16;1-4-10(2,3)9(12)14-7-5-6-13-8(7)11/h14-17H,5-13H2,1-4H3;11-12,18H,4-10H2,1-3H3;7H,4-6H2,1-3H3. The average molecular weight is 833 g/mol. The normalized spacial score (nSPS) is 35.1. The number of hydrogen-bond acceptors (Lipinski definition) is 12. The first-order valence-electron chi connectivity index (χ1n) is 22.8. The lowest BCUT2D eigenvalue weighted by Crippen LogP contribution is -2.61. The Hall–Kier alpha value is -2.73. The summed E-state index contributed by atoms with van der Waals surface area (Å²) < 4.78 is 32.3. The van der Waals surface area contributed by atoms with Gasteiger partial charge in [0.2, 0.25) is 6.10 Å². The van der Waals surface area contributed by atoms with E-state index >= 15 is 0 Å². The SMILES string of the molecule is CCC(C)(C)C(=O)OC12CC3CC(CC(O)(C3)C1)C2.CCC(C)(C)C(=O)OC1CCOC1=O.CCC(C)(C)C(=O)OCCOCC(=O)OC1(C)C2CC3CC(C2)CC1C3. The van der Waals surface area contributed by atoms with Crippen molar-refractivity contribution in [2.75, 3.05) is 26.4 Å². The molecule has 9 aliphatic rings. The molecule has 1 aliphatic heterocycles. The second-order valence-electron chi connectivity index (χ2n) is 21.5. The number of esters is 5. The van der Waals surface area contributed by atoms with Crippen molar-refractivity contribution >= 4 is 29.8 Å². The van der Waals surface area contributed by atoms with Gasteiger partial charge in [-0.05, 0) is 167 Å². The Kier molecular flexibility index (Phi) is 14.7. The molecule has 59 heavy (non-hydrogen) atoms. The Balaban J connectivity index is 0.000000177. The fourth-order valence-corrected chi connectivity index (χ4v) is 11.0.